The maximum absolute atomic E-state index is 13.2. The molecule has 1 aromatic carbocycles. The maximum atomic E-state index is 13.2. The van der Waals surface area contributed by atoms with Gasteiger partial charge in [0.1, 0.15) is 5.82 Å². The molecule has 1 saturated heterocycles. The minimum absolute atomic E-state index is 0.0858. The van der Waals surface area contributed by atoms with E-state index < -0.39 is 0 Å². The summed E-state index contributed by atoms with van der Waals surface area (Å²) in [5.74, 6) is 1.57. The van der Waals surface area contributed by atoms with Crippen LogP contribution in [0.15, 0.2) is 47.4 Å². The minimum atomic E-state index is -0.245. The highest BCUT2D eigenvalue weighted by Crippen LogP contribution is 2.39. The van der Waals surface area contributed by atoms with Crippen LogP contribution in [0.3, 0.4) is 0 Å². The van der Waals surface area contributed by atoms with Gasteiger partial charge in [0.2, 0.25) is 5.75 Å². The van der Waals surface area contributed by atoms with E-state index in [1.807, 2.05) is 6.07 Å². The lowest BCUT2D eigenvalue weighted by Gasteiger charge is -2.19. The molecule has 1 aliphatic rings. The number of hydrogen-bond acceptors (Lipinski definition) is 7. The Hall–Kier alpha value is -3.88. The number of benzene rings is 1. The summed E-state index contributed by atoms with van der Waals surface area (Å²) in [6.45, 7) is 0.974. The predicted molar refractivity (Wildman–Crippen MR) is 117 cm³/mol. The monoisotopic (exact) mass is 436 g/mol. The lowest BCUT2D eigenvalue weighted by molar-refractivity contribution is 0.0789. The third kappa shape index (κ3) is 4.14. The number of pyridine rings is 1. The number of hydrogen-bond donors (Lipinski definition) is 1. The van der Waals surface area contributed by atoms with Crippen LogP contribution < -0.4 is 19.8 Å². The Morgan fingerprint density at radius 1 is 1.06 bits per heavy atom. The number of carbonyl (C=O) groups excluding carboxylic acids is 1. The molecule has 32 heavy (non-hydrogen) atoms. The molecular weight excluding hydrogens is 412 g/mol. The fourth-order valence-electron chi connectivity index (χ4n) is 3.87. The number of aromatic amines is 1. The normalized spacial score (nSPS) is 15.5. The highest BCUT2D eigenvalue weighted by molar-refractivity contribution is 5.96. The molecule has 0 aliphatic carbocycles. The number of methoxy groups -OCH3 is 3. The lowest BCUT2D eigenvalue weighted by Crippen LogP contribution is -2.29. The number of nitrogens with zero attached hydrogens (tertiary/aromatic N) is 3. The van der Waals surface area contributed by atoms with Gasteiger partial charge in [-0.3, -0.25) is 14.6 Å². The van der Waals surface area contributed by atoms with E-state index in [-0.39, 0.29) is 17.4 Å². The third-order valence-electron chi connectivity index (χ3n) is 5.46. The minimum Gasteiger partial charge on any atom is -0.493 e. The van der Waals surface area contributed by atoms with Crippen LogP contribution in [0.2, 0.25) is 0 Å². The van der Waals surface area contributed by atoms with Crippen molar-refractivity contribution in [1.82, 2.24) is 19.9 Å². The summed E-state index contributed by atoms with van der Waals surface area (Å²) in [5.41, 5.74) is 1.33. The van der Waals surface area contributed by atoms with E-state index >= 15 is 0 Å². The second kappa shape index (κ2) is 9.09. The van der Waals surface area contributed by atoms with E-state index in [4.69, 9.17) is 14.2 Å². The molecule has 0 radical (unpaired) electrons. The van der Waals surface area contributed by atoms with Crippen LogP contribution in [0.5, 0.6) is 17.2 Å². The summed E-state index contributed by atoms with van der Waals surface area (Å²) in [6, 6.07) is 10.2. The van der Waals surface area contributed by atoms with Crippen molar-refractivity contribution in [3.63, 3.8) is 0 Å². The van der Waals surface area contributed by atoms with Crippen LogP contribution in [0.25, 0.3) is 11.4 Å². The van der Waals surface area contributed by atoms with Crippen molar-refractivity contribution >= 4 is 5.91 Å². The highest BCUT2D eigenvalue weighted by atomic mass is 16.5. The first-order valence-corrected chi connectivity index (χ1v) is 10.2. The van der Waals surface area contributed by atoms with Crippen molar-refractivity contribution in [3.8, 4) is 28.6 Å². The standard InChI is InChI=1S/C23H24N4O5/c1-30-18-10-15(11-19(31-2)21(18)32-3)23(29)27-9-7-14(13-27)22-25-17(12-20(28)26-22)16-6-4-5-8-24-16/h4-6,8,10-12,14H,7,9,13H2,1-3H3,(H,25,26,28)/t14-/m1/s1. The molecule has 1 amide bonds. The first-order valence-electron chi connectivity index (χ1n) is 10.2. The summed E-state index contributed by atoms with van der Waals surface area (Å²) in [6.07, 6.45) is 2.34. The van der Waals surface area contributed by atoms with Gasteiger partial charge in [0.25, 0.3) is 11.5 Å². The van der Waals surface area contributed by atoms with Crippen molar-refractivity contribution in [2.45, 2.75) is 12.3 Å². The van der Waals surface area contributed by atoms with Crippen molar-refractivity contribution in [2.24, 2.45) is 0 Å². The van der Waals surface area contributed by atoms with Gasteiger partial charge in [-0.1, -0.05) is 6.07 Å². The van der Waals surface area contributed by atoms with Gasteiger partial charge in [-0.25, -0.2) is 4.98 Å². The molecule has 0 bridgehead atoms. The molecule has 3 aromatic rings. The van der Waals surface area contributed by atoms with Crippen LogP contribution in [-0.4, -0.2) is 60.2 Å². The topological polar surface area (TPSA) is 107 Å². The molecule has 9 nitrogen and oxygen atoms in total. The molecule has 1 fully saturated rings. The number of nitrogens with one attached hydrogen (secondary N) is 1. The Morgan fingerprint density at radius 3 is 2.44 bits per heavy atom. The molecule has 1 N–H and O–H groups in total. The highest BCUT2D eigenvalue weighted by Gasteiger charge is 2.31. The van der Waals surface area contributed by atoms with E-state index in [0.29, 0.717) is 59.5 Å². The van der Waals surface area contributed by atoms with Gasteiger partial charge in [0.05, 0.1) is 32.7 Å². The molecule has 1 atom stereocenters. The zero-order chi connectivity index (χ0) is 22.7. The second-order valence-corrected chi connectivity index (χ2v) is 7.38. The Bertz CT molecular complexity index is 1150. The molecule has 2 aromatic heterocycles. The van der Waals surface area contributed by atoms with E-state index in [1.165, 1.54) is 27.4 Å². The van der Waals surface area contributed by atoms with Gasteiger partial charge in [-0.05, 0) is 30.7 Å². The van der Waals surface area contributed by atoms with E-state index in [2.05, 4.69) is 15.0 Å². The molecular formula is C23H24N4O5. The van der Waals surface area contributed by atoms with Crippen LogP contribution in [0.1, 0.15) is 28.5 Å². The quantitative estimate of drug-likeness (QED) is 0.633. The van der Waals surface area contributed by atoms with Crippen LogP contribution in [0.4, 0.5) is 0 Å². The average Bonchev–Trinajstić information content (AvgIpc) is 3.33. The number of aromatic nitrogens is 3. The molecule has 0 spiro atoms. The van der Waals surface area contributed by atoms with Gasteiger partial charge in [-0.2, -0.15) is 0 Å². The number of carbonyl (C=O) groups is 1. The Morgan fingerprint density at radius 2 is 1.81 bits per heavy atom. The zero-order valence-electron chi connectivity index (χ0n) is 18.1. The number of rotatable bonds is 6. The summed E-state index contributed by atoms with van der Waals surface area (Å²) >= 11 is 0. The van der Waals surface area contributed by atoms with Gasteiger partial charge in [0.15, 0.2) is 11.5 Å². The van der Waals surface area contributed by atoms with Crippen molar-refractivity contribution in [2.75, 3.05) is 34.4 Å². The smallest absolute Gasteiger partial charge is 0.254 e. The second-order valence-electron chi connectivity index (χ2n) is 7.38. The van der Waals surface area contributed by atoms with Gasteiger partial charge >= 0.3 is 0 Å². The Balaban J connectivity index is 1.57. The third-order valence-corrected chi connectivity index (χ3v) is 5.46. The molecule has 4 rings (SSSR count). The van der Waals surface area contributed by atoms with Crippen LogP contribution in [0, 0.1) is 0 Å². The number of ether oxygens (including phenoxy) is 3. The Labute approximate surface area is 185 Å². The molecule has 1 aliphatic heterocycles. The molecule has 166 valence electrons. The summed E-state index contributed by atoms with van der Waals surface area (Å²) < 4.78 is 16.0. The lowest BCUT2D eigenvalue weighted by atomic mass is 10.1. The summed E-state index contributed by atoms with van der Waals surface area (Å²) in [7, 11) is 4.53. The Kier molecular flexibility index (Phi) is 6.07. The fraction of sp³-hybridized carbons (Fsp3) is 0.304. The van der Waals surface area contributed by atoms with E-state index in [1.54, 1.807) is 35.4 Å². The first-order chi connectivity index (χ1) is 15.5. The summed E-state index contributed by atoms with van der Waals surface area (Å²) in [5, 5.41) is 0. The maximum Gasteiger partial charge on any atom is 0.254 e. The largest absolute Gasteiger partial charge is 0.493 e. The molecule has 0 saturated carbocycles. The molecule has 9 heteroatoms. The van der Waals surface area contributed by atoms with Gasteiger partial charge < -0.3 is 24.1 Å². The summed E-state index contributed by atoms with van der Waals surface area (Å²) in [4.78, 5) is 38.9. The van der Waals surface area contributed by atoms with Gasteiger partial charge in [0, 0.05) is 36.8 Å². The van der Waals surface area contributed by atoms with Crippen LogP contribution >= 0.6 is 0 Å². The first kappa shape index (κ1) is 21.4. The zero-order valence-corrected chi connectivity index (χ0v) is 18.1. The van der Waals surface area contributed by atoms with Gasteiger partial charge in [-0.15, -0.1) is 0 Å². The molecule has 0 unspecified atom stereocenters. The van der Waals surface area contributed by atoms with E-state index in [0.717, 1.165) is 0 Å². The molecule has 3 heterocycles. The SMILES string of the molecule is COc1cc(C(=O)N2CC[C@@H](c3nc(-c4ccccn4)cc(=O)[nH]3)C2)cc(OC)c1OC. The van der Waals surface area contributed by atoms with Crippen molar-refractivity contribution < 1.29 is 19.0 Å². The predicted octanol–water partition coefficient (Wildman–Crippen LogP) is 2.49. The van der Waals surface area contributed by atoms with Crippen LogP contribution in [-0.2, 0) is 0 Å². The number of H-pyrrole nitrogens is 1. The average molecular weight is 436 g/mol. The van der Waals surface area contributed by atoms with Crippen molar-refractivity contribution in [3.05, 3.63) is 64.3 Å². The van der Waals surface area contributed by atoms with E-state index in [9.17, 15) is 9.59 Å². The van der Waals surface area contributed by atoms with Crippen molar-refractivity contribution in [1.29, 1.82) is 0 Å². The number of amides is 1. The fourth-order valence-corrected chi connectivity index (χ4v) is 3.87. The number of likely N-dealkylation sites (tertiary alicyclic amines) is 1.